The summed E-state index contributed by atoms with van der Waals surface area (Å²) in [6.07, 6.45) is 1.46. The van der Waals surface area contributed by atoms with Crippen LogP contribution in [0.2, 0.25) is 0 Å². The van der Waals surface area contributed by atoms with Crippen molar-refractivity contribution in [3.8, 4) is 5.75 Å². The lowest BCUT2D eigenvalue weighted by Gasteiger charge is -2.18. The summed E-state index contributed by atoms with van der Waals surface area (Å²) in [5.41, 5.74) is 0.965. The van der Waals surface area contributed by atoms with E-state index in [0.29, 0.717) is 29.7 Å². The molecule has 3 aromatic rings. The van der Waals surface area contributed by atoms with Crippen LogP contribution in [-0.4, -0.2) is 45.8 Å². The highest BCUT2D eigenvalue weighted by atomic mass is 35.5. The molecule has 1 aromatic heterocycles. The molecule has 0 saturated heterocycles. The molecule has 0 bridgehead atoms. The molecule has 9 nitrogen and oxygen atoms in total. The van der Waals surface area contributed by atoms with Crippen molar-refractivity contribution in [1.29, 1.82) is 0 Å². The van der Waals surface area contributed by atoms with Crippen LogP contribution in [0.5, 0.6) is 5.75 Å². The average Bonchev–Trinajstić information content (AvgIpc) is 3.13. The molecule has 0 aliphatic carbocycles. The second kappa shape index (κ2) is 8.42. The van der Waals surface area contributed by atoms with Crippen molar-refractivity contribution in [3.05, 3.63) is 57.9 Å². The van der Waals surface area contributed by atoms with Crippen LogP contribution in [-0.2, 0) is 10.0 Å². The number of rotatable bonds is 7. The number of hydrogen-bond donors (Lipinski definition) is 2. The van der Waals surface area contributed by atoms with Gasteiger partial charge in [-0.25, -0.2) is 13.4 Å². The Morgan fingerprint density at radius 3 is 2.60 bits per heavy atom. The fraction of sp³-hybridized carbons (Fsp3) is 0.211. The third-order valence-electron chi connectivity index (χ3n) is 4.51. The van der Waals surface area contributed by atoms with E-state index in [2.05, 4.69) is 9.97 Å². The molecule has 0 spiro atoms. The highest BCUT2D eigenvalue weighted by Crippen LogP contribution is 2.30. The van der Waals surface area contributed by atoms with E-state index in [1.807, 2.05) is 0 Å². The Morgan fingerprint density at radius 2 is 1.97 bits per heavy atom. The Bertz CT molecular complexity index is 1250. The molecule has 0 aliphatic heterocycles. The molecule has 11 heteroatoms. The van der Waals surface area contributed by atoms with E-state index >= 15 is 0 Å². The number of sulfonamides is 1. The SMILES string of the molecule is CCN(CC)S(=O)(=O)c1ccc2nc(C(Cl)=Cc3ccc(O)c([N+](=O)[O-])c3)[nH]c2c1. The van der Waals surface area contributed by atoms with E-state index in [9.17, 15) is 23.6 Å². The van der Waals surface area contributed by atoms with E-state index in [0.717, 1.165) is 0 Å². The van der Waals surface area contributed by atoms with Crippen LogP contribution in [0.1, 0.15) is 25.2 Å². The topological polar surface area (TPSA) is 129 Å². The molecule has 3 rings (SSSR count). The molecule has 0 atom stereocenters. The predicted molar refractivity (Wildman–Crippen MR) is 115 cm³/mol. The first-order chi connectivity index (χ1) is 14.2. The number of phenols is 1. The van der Waals surface area contributed by atoms with Crippen molar-refractivity contribution in [3.63, 3.8) is 0 Å². The first-order valence-corrected chi connectivity index (χ1v) is 10.8. The minimum atomic E-state index is -3.62. The second-order valence-electron chi connectivity index (χ2n) is 6.35. The maximum absolute atomic E-state index is 12.7. The van der Waals surface area contributed by atoms with Crippen molar-refractivity contribution in [2.75, 3.05) is 13.1 Å². The molecule has 0 aliphatic rings. The van der Waals surface area contributed by atoms with Crippen LogP contribution >= 0.6 is 11.6 Å². The molecular formula is C19H19ClN4O5S. The lowest BCUT2D eigenvalue weighted by atomic mass is 10.1. The van der Waals surface area contributed by atoms with Crippen molar-refractivity contribution in [2.45, 2.75) is 18.7 Å². The normalized spacial score (nSPS) is 12.6. The molecule has 0 unspecified atom stereocenters. The second-order valence-corrected chi connectivity index (χ2v) is 8.70. The van der Waals surface area contributed by atoms with Crippen LogP contribution in [0.25, 0.3) is 22.1 Å². The number of phenolic OH excluding ortho intramolecular Hbond substituents is 1. The third kappa shape index (κ3) is 4.16. The fourth-order valence-electron chi connectivity index (χ4n) is 2.97. The number of H-pyrrole nitrogens is 1. The number of nitro benzene ring substituents is 1. The summed E-state index contributed by atoms with van der Waals surface area (Å²) >= 11 is 6.32. The Morgan fingerprint density at radius 1 is 1.27 bits per heavy atom. The molecule has 2 N–H and O–H groups in total. The molecule has 1 heterocycles. The lowest BCUT2D eigenvalue weighted by molar-refractivity contribution is -0.385. The van der Waals surface area contributed by atoms with E-state index in [1.54, 1.807) is 19.9 Å². The van der Waals surface area contributed by atoms with E-state index < -0.39 is 26.4 Å². The quantitative estimate of drug-likeness (QED) is 0.414. The number of nitrogens with zero attached hydrogens (tertiary/aromatic N) is 3. The minimum absolute atomic E-state index is 0.142. The van der Waals surface area contributed by atoms with Gasteiger partial charge in [0.2, 0.25) is 10.0 Å². The predicted octanol–water partition coefficient (Wildman–Crippen LogP) is 3.94. The van der Waals surface area contributed by atoms with Gasteiger partial charge in [-0.2, -0.15) is 4.31 Å². The molecule has 0 fully saturated rings. The van der Waals surface area contributed by atoms with Crippen LogP contribution in [0.3, 0.4) is 0 Å². The van der Waals surface area contributed by atoms with Gasteiger partial charge in [0.15, 0.2) is 5.75 Å². The number of aromatic nitrogens is 2. The zero-order valence-electron chi connectivity index (χ0n) is 16.2. The van der Waals surface area contributed by atoms with Crippen LogP contribution < -0.4 is 0 Å². The zero-order chi connectivity index (χ0) is 22.1. The molecule has 0 radical (unpaired) electrons. The van der Waals surface area contributed by atoms with Gasteiger partial charge in [0, 0.05) is 19.2 Å². The van der Waals surface area contributed by atoms with Gasteiger partial charge in [0.25, 0.3) is 0 Å². The standard InChI is InChI=1S/C19H19ClN4O5S/c1-3-23(4-2)30(28,29)13-6-7-15-16(11-13)22-19(21-15)14(20)9-12-5-8-18(25)17(10-12)24(26)27/h5-11,25H,3-4H2,1-2H3,(H,21,22). The van der Waals surface area contributed by atoms with Gasteiger partial charge in [-0.15, -0.1) is 0 Å². The third-order valence-corrected chi connectivity index (χ3v) is 6.85. The first-order valence-electron chi connectivity index (χ1n) is 9.02. The zero-order valence-corrected chi connectivity index (χ0v) is 17.7. The Hall–Kier alpha value is -2.95. The first kappa shape index (κ1) is 21.8. The van der Waals surface area contributed by atoms with Crippen LogP contribution in [0, 0.1) is 10.1 Å². The largest absolute Gasteiger partial charge is 0.502 e. The van der Waals surface area contributed by atoms with Gasteiger partial charge in [0.1, 0.15) is 5.82 Å². The van der Waals surface area contributed by atoms with Crippen molar-refractivity contribution < 1.29 is 18.4 Å². The number of imidazole rings is 1. The summed E-state index contributed by atoms with van der Waals surface area (Å²) in [7, 11) is -3.62. The maximum atomic E-state index is 12.7. The number of nitrogens with one attached hydrogen (secondary N) is 1. The minimum Gasteiger partial charge on any atom is -0.502 e. The lowest BCUT2D eigenvalue weighted by Crippen LogP contribution is -2.30. The number of halogens is 1. The molecule has 2 aromatic carbocycles. The van der Waals surface area contributed by atoms with E-state index in [1.165, 1.54) is 40.7 Å². The average molecular weight is 451 g/mol. The van der Waals surface area contributed by atoms with E-state index in [-0.39, 0.29) is 15.8 Å². The highest BCUT2D eigenvalue weighted by Gasteiger charge is 2.22. The number of benzene rings is 2. The summed E-state index contributed by atoms with van der Waals surface area (Å²) in [6.45, 7) is 4.26. The van der Waals surface area contributed by atoms with Crippen molar-refractivity contribution in [1.82, 2.24) is 14.3 Å². The van der Waals surface area contributed by atoms with E-state index in [4.69, 9.17) is 11.6 Å². The number of nitro groups is 1. The molecular weight excluding hydrogens is 432 g/mol. The molecule has 30 heavy (non-hydrogen) atoms. The summed E-state index contributed by atoms with van der Waals surface area (Å²) in [5, 5.41) is 20.7. The van der Waals surface area contributed by atoms with Gasteiger partial charge in [-0.3, -0.25) is 10.1 Å². The Balaban J connectivity index is 1.99. The fourth-order valence-corrected chi connectivity index (χ4v) is 4.67. The molecule has 0 amide bonds. The van der Waals surface area contributed by atoms with Crippen molar-refractivity contribution >= 4 is 49.5 Å². The van der Waals surface area contributed by atoms with Crippen LogP contribution in [0.4, 0.5) is 5.69 Å². The van der Waals surface area contributed by atoms with Gasteiger partial charge in [0.05, 0.1) is 25.9 Å². The monoisotopic (exact) mass is 450 g/mol. The molecule has 0 saturated carbocycles. The van der Waals surface area contributed by atoms with Crippen molar-refractivity contribution in [2.24, 2.45) is 0 Å². The number of aromatic amines is 1. The summed E-state index contributed by atoms with van der Waals surface area (Å²) in [5.74, 6) is -0.168. The molecule has 158 valence electrons. The number of aromatic hydroxyl groups is 1. The van der Waals surface area contributed by atoms with Crippen LogP contribution in [0.15, 0.2) is 41.3 Å². The smallest absolute Gasteiger partial charge is 0.311 e. The van der Waals surface area contributed by atoms with Gasteiger partial charge < -0.3 is 10.1 Å². The maximum Gasteiger partial charge on any atom is 0.311 e. The van der Waals surface area contributed by atoms with Gasteiger partial charge in [-0.05, 0) is 35.9 Å². The summed E-state index contributed by atoms with van der Waals surface area (Å²) in [4.78, 5) is 17.7. The Kier molecular flexibility index (Phi) is 6.11. The summed E-state index contributed by atoms with van der Waals surface area (Å²) < 4.78 is 26.8. The Labute approximate surface area is 177 Å². The number of fused-ring (bicyclic) bond motifs is 1. The highest BCUT2D eigenvalue weighted by molar-refractivity contribution is 7.89. The van der Waals surface area contributed by atoms with Gasteiger partial charge >= 0.3 is 5.69 Å². The number of hydrogen-bond acceptors (Lipinski definition) is 6. The van der Waals surface area contributed by atoms with Gasteiger partial charge in [-0.1, -0.05) is 31.5 Å². The summed E-state index contributed by atoms with van der Waals surface area (Å²) in [6, 6.07) is 8.44.